The Balaban J connectivity index is 0.995. The molecule has 1 atom stereocenters. The van der Waals surface area contributed by atoms with Crippen molar-refractivity contribution in [2.45, 2.75) is 31.7 Å². The van der Waals surface area contributed by atoms with Crippen molar-refractivity contribution in [3.8, 4) is 22.6 Å². The van der Waals surface area contributed by atoms with E-state index in [2.05, 4.69) is 15.6 Å². The van der Waals surface area contributed by atoms with Crippen LogP contribution in [0.1, 0.15) is 57.0 Å². The highest BCUT2D eigenvalue weighted by Gasteiger charge is 2.32. The van der Waals surface area contributed by atoms with Crippen LogP contribution in [0.25, 0.3) is 11.1 Å². The lowest BCUT2D eigenvalue weighted by molar-refractivity contribution is -0.116. The molecule has 266 valence electrons. The number of nitrogens with zero attached hydrogens (tertiary/aromatic N) is 4. The molecule has 2 aromatic carbocycles. The van der Waals surface area contributed by atoms with E-state index in [9.17, 15) is 19.2 Å². The molecule has 0 aliphatic carbocycles. The van der Waals surface area contributed by atoms with Gasteiger partial charge in [-0.2, -0.15) is 0 Å². The number of nitrogens with one attached hydrogen (secondary N) is 2. The smallest absolute Gasteiger partial charge is 0.355 e. The van der Waals surface area contributed by atoms with Gasteiger partial charge in [-0.25, -0.2) is 4.79 Å². The Kier molecular flexibility index (Phi) is 10.5. The highest BCUT2D eigenvalue weighted by Crippen LogP contribution is 2.38. The van der Waals surface area contributed by atoms with Gasteiger partial charge in [0.2, 0.25) is 5.91 Å². The van der Waals surface area contributed by atoms with Crippen molar-refractivity contribution in [3.63, 3.8) is 0 Å². The number of methoxy groups -OCH3 is 1. The monoisotopic (exact) mass is 695 g/mol. The maximum atomic E-state index is 13.1. The predicted molar refractivity (Wildman–Crippen MR) is 192 cm³/mol. The number of esters is 1. The third-order valence-corrected chi connectivity index (χ3v) is 8.83. The molecule has 14 heteroatoms. The van der Waals surface area contributed by atoms with Crippen LogP contribution >= 0.6 is 0 Å². The molecule has 0 spiro atoms. The van der Waals surface area contributed by atoms with Crippen molar-refractivity contribution in [1.82, 2.24) is 14.0 Å². The highest BCUT2D eigenvalue weighted by molar-refractivity contribution is 6.05. The summed E-state index contributed by atoms with van der Waals surface area (Å²) in [5, 5.41) is 5.73. The van der Waals surface area contributed by atoms with Crippen LogP contribution in [0.4, 0.5) is 17.1 Å². The molecule has 4 heterocycles. The molecule has 0 radical (unpaired) electrons. The average molecular weight is 696 g/mol. The molecule has 4 aromatic rings. The Hall–Kier alpha value is -5.89. The Bertz CT molecular complexity index is 1980. The number of aliphatic imine (C=N–C) groups is 1. The fraction of sp³-hybridized carbons (Fsp3) is 0.324. The molecule has 1 unspecified atom stereocenters. The fourth-order valence-electron chi connectivity index (χ4n) is 6.21. The number of amides is 3. The third kappa shape index (κ3) is 7.80. The fourth-order valence-corrected chi connectivity index (χ4v) is 6.21. The first-order chi connectivity index (χ1) is 24.6. The van der Waals surface area contributed by atoms with E-state index in [0.29, 0.717) is 58.5 Å². The zero-order valence-corrected chi connectivity index (χ0v) is 28.8. The quantitative estimate of drug-likeness (QED) is 0.135. The van der Waals surface area contributed by atoms with Crippen molar-refractivity contribution < 1.29 is 33.4 Å². The van der Waals surface area contributed by atoms with Crippen LogP contribution in [0.2, 0.25) is 0 Å². The minimum atomic E-state index is -0.445. The Morgan fingerprint density at radius 1 is 0.922 bits per heavy atom. The standard InChI is InChI=1S/C37H41N7O7/c1-42-21-24(16-31(42)37(48)51-15-12-38)23-8-10-25(11-9-23)41-35(46)30-17-26(22-43(30)2)40-34(45)7-5-14-50-33-19-29-28(18-32(33)49-3)36(47)44-13-4-6-27(44)20-39-29/h8-11,16-22,27H,4-7,12-15,38H2,1-3H3,(H,40,45)(H,41,46). The number of carbonyl (C=O) groups excluding carboxylic acids is 4. The Labute approximate surface area is 295 Å². The number of hydrogen-bond acceptors (Lipinski definition) is 9. The van der Waals surface area contributed by atoms with Gasteiger partial charge in [0.25, 0.3) is 11.8 Å². The van der Waals surface area contributed by atoms with Crippen LogP contribution in [0.3, 0.4) is 0 Å². The Morgan fingerprint density at radius 3 is 2.47 bits per heavy atom. The zero-order valence-electron chi connectivity index (χ0n) is 28.8. The van der Waals surface area contributed by atoms with Crippen molar-refractivity contribution >= 4 is 47.0 Å². The van der Waals surface area contributed by atoms with Gasteiger partial charge >= 0.3 is 5.97 Å². The third-order valence-electron chi connectivity index (χ3n) is 8.83. The second-order valence-electron chi connectivity index (χ2n) is 12.4. The summed E-state index contributed by atoms with van der Waals surface area (Å²) < 4.78 is 19.9. The predicted octanol–water partition coefficient (Wildman–Crippen LogP) is 4.53. The number of benzene rings is 2. The molecule has 4 N–H and O–H groups in total. The molecular weight excluding hydrogens is 654 g/mol. The topological polar surface area (TPSA) is 172 Å². The van der Waals surface area contributed by atoms with Crippen LogP contribution in [-0.2, 0) is 23.6 Å². The van der Waals surface area contributed by atoms with E-state index in [-0.39, 0.29) is 49.9 Å². The van der Waals surface area contributed by atoms with Crippen LogP contribution in [-0.4, -0.2) is 83.4 Å². The average Bonchev–Trinajstić information content (AvgIpc) is 3.84. The van der Waals surface area contributed by atoms with Crippen LogP contribution in [0.5, 0.6) is 11.5 Å². The molecule has 1 fully saturated rings. The zero-order chi connectivity index (χ0) is 36.1. The van der Waals surface area contributed by atoms with E-state index >= 15 is 0 Å². The second kappa shape index (κ2) is 15.3. The van der Waals surface area contributed by atoms with Gasteiger partial charge in [0.15, 0.2) is 11.5 Å². The molecule has 0 bridgehead atoms. The molecule has 0 saturated carbocycles. The van der Waals surface area contributed by atoms with E-state index in [4.69, 9.17) is 19.9 Å². The first-order valence-electron chi connectivity index (χ1n) is 16.8. The van der Waals surface area contributed by atoms with Gasteiger partial charge in [-0.15, -0.1) is 0 Å². The van der Waals surface area contributed by atoms with Gasteiger partial charge in [-0.3, -0.25) is 19.4 Å². The van der Waals surface area contributed by atoms with E-state index in [1.807, 2.05) is 29.4 Å². The molecule has 2 aliphatic rings. The SMILES string of the molecule is COc1cc2c(cc1OCCCC(=O)Nc1cc(C(=O)Nc3ccc(-c4cc(C(=O)OCCN)n(C)c4)cc3)n(C)c1)N=CC1CCCN1C2=O. The second-order valence-corrected chi connectivity index (χ2v) is 12.4. The van der Waals surface area contributed by atoms with Crippen LogP contribution < -0.4 is 25.8 Å². The van der Waals surface area contributed by atoms with Gasteiger partial charge in [-0.1, -0.05) is 12.1 Å². The summed E-state index contributed by atoms with van der Waals surface area (Å²) in [5.41, 5.74) is 9.97. The van der Waals surface area contributed by atoms with Gasteiger partial charge in [-0.05, 0) is 55.2 Å². The van der Waals surface area contributed by atoms with Crippen molar-refractivity contribution in [3.05, 3.63) is 77.9 Å². The minimum Gasteiger partial charge on any atom is -0.493 e. The molecule has 6 rings (SSSR count). The number of fused-ring (bicyclic) bond motifs is 2. The van der Waals surface area contributed by atoms with Gasteiger partial charge in [0, 0.05) is 69.5 Å². The number of rotatable bonds is 13. The molecular formula is C37H41N7O7. The van der Waals surface area contributed by atoms with E-state index in [1.165, 1.54) is 7.11 Å². The molecule has 51 heavy (non-hydrogen) atoms. The van der Waals surface area contributed by atoms with Crippen LogP contribution in [0, 0.1) is 0 Å². The lowest BCUT2D eigenvalue weighted by Gasteiger charge is -2.20. The summed E-state index contributed by atoms with van der Waals surface area (Å²) in [6, 6.07) is 14.0. The summed E-state index contributed by atoms with van der Waals surface area (Å²) in [5.74, 6) is -0.201. The number of hydrogen-bond donors (Lipinski definition) is 3. The molecule has 3 amide bonds. The van der Waals surface area contributed by atoms with Gasteiger partial charge in [0.1, 0.15) is 18.0 Å². The number of aromatic nitrogens is 2. The van der Waals surface area contributed by atoms with Crippen LogP contribution in [0.15, 0.2) is 65.9 Å². The largest absolute Gasteiger partial charge is 0.493 e. The van der Waals surface area contributed by atoms with E-state index < -0.39 is 5.97 Å². The molecule has 2 aromatic heterocycles. The van der Waals surface area contributed by atoms with E-state index in [1.54, 1.807) is 65.8 Å². The van der Waals surface area contributed by atoms with Crippen molar-refractivity contribution in [1.29, 1.82) is 0 Å². The molecule has 2 aliphatic heterocycles. The summed E-state index contributed by atoms with van der Waals surface area (Å²) in [6.45, 7) is 1.35. The normalized spacial score (nSPS) is 14.8. The summed E-state index contributed by atoms with van der Waals surface area (Å²) in [7, 11) is 5.01. The van der Waals surface area contributed by atoms with Gasteiger partial charge < -0.3 is 44.6 Å². The van der Waals surface area contributed by atoms with Gasteiger partial charge in [0.05, 0.1) is 36.7 Å². The van der Waals surface area contributed by atoms with E-state index in [0.717, 1.165) is 24.0 Å². The summed E-state index contributed by atoms with van der Waals surface area (Å²) >= 11 is 0. The summed E-state index contributed by atoms with van der Waals surface area (Å²) in [6.07, 6.45) is 7.78. The highest BCUT2D eigenvalue weighted by atomic mass is 16.5. The lowest BCUT2D eigenvalue weighted by Crippen LogP contribution is -2.35. The number of anilines is 2. The first kappa shape index (κ1) is 35.0. The first-order valence-corrected chi connectivity index (χ1v) is 16.8. The van der Waals surface area contributed by atoms with Crippen molar-refractivity contribution in [2.24, 2.45) is 24.8 Å². The number of carbonyl (C=O) groups is 4. The number of aryl methyl sites for hydroxylation is 2. The van der Waals surface area contributed by atoms with Crippen molar-refractivity contribution in [2.75, 3.05) is 44.0 Å². The lowest BCUT2D eigenvalue weighted by atomic mass is 10.1. The minimum absolute atomic E-state index is 0.00467. The number of nitrogens with two attached hydrogens (primary N) is 1. The Morgan fingerprint density at radius 2 is 1.71 bits per heavy atom. The molecule has 1 saturated heterocycles. The maximum Gasteiger partial charge on any atom is 0.355 e. The summed E-state index contributed by atoms with van der Waals surface area (Å²) in [4.78, 5) is 57.6. The maximum absolute atomic E-state index is 13.1. The number of ether oxygens (including phenoxy) is 3. The molecule has 14 nitrogen and oxygen atoms in total.